The van der Waals surface area contributed by atoms with Gasteiger partial charge in [0.2, 0.25) is 0 Å². The van der Waals surface area contributed by atoms with E-state index in [-0.39, 0.29) is 34.9 Å². The summed E-state index contributed by atoms with van der Waals surface area (Å²) in [7, 11) is 0. The van der Waals surface area contributed by atoms with Crippen LogP contribution in [0.25, 0.3) is 0 Å². The van der Waals surface area contributed by atoms with Gasteiger partial charge in [0.25, 0.3) is 0 Å². The monoisotopic (exact) mass is 396 g/mol. The molecule has 29 heavy (non-hydrogen) atoms. The molecule has 0 saturated heterocycles. The van der Waals surface area contributed by atoms with Gasteiger partial charge in [-0.15, -0.1) is 0 Å². The van der Waals surface area contributed by atoms with Gasteiger partial charge in [0.05, 0.1) is 0 Å². The van der Waals surface area contributed by atoms with Crippen molar-refractivity contribution in [3.63, 3.8) is 0 Å². The maximum atomic E-state index is 12.9. The molecule has 0 unspecified atom stereocenters. The van der Waals surface area contributed by atoms with E-state index in [4.69, 9.17) is 0 Å². The third-order valence-electron chi connectivity index (χ3n) is 8.80. The third kappa shape index (κ3) is 3.21. The Morgan fingerprint density at radius 3 is 2.79 bits per heavy atom. The number of hydrogen-bond acceptors (Lipinski definition) is 3. The van der Waals surface area contributed by atoms with Gasteiger partial charge in [-0.2, -0.15) is 0 Å². The third-order valence-corrected chi connectivity index (χ3v) is 8.80. The number of ketones is 2. The van der Waals surface area contributed by atoms with Gasteiger partial charge in [0.1, 0.15) is 6.61 Å². The van der Waals surface area contributed by atoms with E-state index in [1.807, 2.05) is 6.08 Å². The van der Waals surface area contributed by atoms with Gasteiger partial charge in [0.15, 0.2) is 11.6 Å². The van der Waals surface area contributed by atoms with E-state index < -0.39 is 0 Å². The van der Waals surface area contributed by atoms with Gasteiger partial charge in [-0.25, -0.2) is 0 Å². The smallest absolute Gasteiger partial charge is 0.178 e. The van der Waals surface area contributed by atoms with Crippen LogP contribution in [0.4, 0.5) is 0 Å². The molecule has 0 bridgehead atoms. The molecule has 0 radical (unpaired) electrons. The first-order chi connectivity index (χ1) is 13.8. The van der Waals surface area contributed by atoms with Crippen molar-refractivity contribution >= 4 is 11.6 Å². The molecule has 0 aromatic heterocycles. The lowest BCUT2D eigenvalue weighted by Gasteiger charge is -2.52. The van der Waals surface area contributed by atoms with Gasteiger partial charge in [-0.05, 0) is 74.3 Å². The molecule has 3 nitrogen and oxygen atoms in total. The zero-order valence-corrected chi connectivity index (χ0v) is 18.2. The molecule has 0 aromatic carbocycles. The standard InChI is InChI=1S/C26H36O3/c1-4-5-6-7-17-14-22-20-9-8-18-15-19(28)10-12-25(18,2)21(20)11-13-26(22,3)24(17)23(29)16-27/h10-12,15,17,20,22,24,27H,4-9,13-14,16H2,1-3H3/t17-,20+,22-,24-,25-,26-/m0/s1. The van der Waals surface area contributed by atoms with E-state index in [9.17, 15) is 14.7 Å². The van der Waals surface area contributed by atoms with Crippen molar-refractivity contribution in [3.05, 3.63) is 35.5 Å². The van der Waals surface area contributed by atoms with E-state index in [1.165, 1.54) is 30.4 Å². The first-order valence-electron chi connectivity index (χ1n) is 11.6. The van der Waals surface area contributed by atoms with Gasteiger partial charge in [-0.3, -0.25) is 9.59 Å². The molecule has 4 aliphatic carbocycles. The fourth-order valence-corrected chi connectivity index (χ4v) is 7.37. The summed E-state index contributed by atoms with van der Waals surface area (Å²) in [5.41, 5.74) is 2.56. The molecule has 6 atom stereocenters. The molecular weight excluding hydrogens is 360 g/mol. The molecule has 0 aliphatic heterocycles. The summed E-state index contributed by atoms with van der Waals surface area (Å²) in [6.45, 7) is 6.48. The van der Waals surface area contributed by atoms with E-state index in [2.05, 4.69) is 32.9 Å². The highest BCUT2D eigenvalue weighted by atomic mass is 16.3. The van der Waals surface area contributed by atoms with Crippen molar-refractivity contribution in [2.45, 2.75) is 72.1 Å². The Hall–Kier alpha value is -1.48. The van der Waals surface area contributed by atoms with Crippen molar-refractivity contribution in [2.75, 3.05) is 6.61 Å². The number of Topliss-reactive ketones (excluding diaryl/α,β-unsaturated/α-hetero) is 1. The average Bonchev–Trinajstić information content (AvgIpc) is 3.00. The lowest BCUT2D eigenvalue weighted by molar-refractivity contribution is -0.131. The normalized spacial score (nSPS) is 40.6. The summed E-state index contributed by atoms with van der Waals surface area (Å²) in [5, 5.41) is 9.73. The largest absolute Gasteiger partial charge is 0.389 e. The molecule has 0 spiro atoms. The number of carbonyl (C=O) groups excluding carboxylic acids is 2. The van der Waals surface area contributed by atoms with Crippen molar-refractivity contribution in [1.29, 1.82) is 0 Å². The van der Waals surface area contributed by atoms with Crippen LogP contribution >= 0.6 is 0 Å². The second kappa shape index (κ2) is 7.65. The molecule has 0 amide bonds. The average molecular weight is 397 g/mol. The molecule has 2 saturated carbocycles. The highest BCUT2D eigenvalue weighted by Crippen LogP contribution is 2.65. The number of carbonyl (C=O) groups is 2. The SMILES string of the molecule is CCCCC[C@H]1C[C@H]2[C@@H]3CCC4=CC(=O)C=C[C@]4(C)C3=CC[C@]2(C)[C@@H]1C(=O)CO. The summed E-state index contributed by atoms with van der Waals surface area (Å²) in [5.74, 6) is 1.54. The van der Waals surface area contributed by atoms with Crippen LogP contribution in [0.3, 0.4) is 0 Å². The van der Waals surface area contributed by atoms with E-state index in [0.29, 0.717) is 17.8 Å². The summed E-state index contributed by atoms with van der Waals surface area (Å²) < 4.78 is 0. The Balaban J connectivity index is 1.67. The number of hydrogen-bond donors (Lipinski definition) is 1. The number of fused-ring (bicyclic) bond motifs is 5. The Morgan fingerprint density at radius 1 is 1.28 bits per heavy atom. The van der Waals surface area contributed by atoms with Crippen LogP contribution in [0, 0.1) is 34.5 Å². The zero-order valence-electron chi connectivity index (χ0n) is 18.2. The van der Waals surface area contributed by atoms with E-state index in [1.54, 1.807) is 6.08 Å². The Kier molecular flexibility index (Phi) is 5.48. The maximum absolute atomic E-state index is 12.9. The highest BCUT2D eigenvalue weighted by Gasteiger charge is 2.59. The number of aliphatic hydroxyl groups excluding tert-OH is 1. The topological polar surface area (TPSA) is 54.4 Å². The van der Waals surface area contributed by atoms with E-state index in [0.717, 1.165) is 32.1 Å². The van der Waals surface area contributed by atoms with Crippen LogP contribution in [0.5, 0.6) is 0 Å². The second-order valence-corrected chi connectivity index (χ2v) is 10.3. The first kappa shape index (κ1) is 20.8. The summed E-state index contributed by atoms with van der Waals surface area (Å²) >= 11 is 0. The van der Waals surface area contributed by atoms with Crippen LogP contribution in [0.2, 0.25) is 0 Å². The molecule has 0 heterocycles. The second-order valence-electron chi connectivity index (χ2n) is 10.3. The fourth-order valence-electron chi connectivity index (χ4n) is 7.37. The van der Waals surface area contributed by atoms with Crippen molar-refractivity contribution in [1.82, 2.24) is 0 Å². The lowest BCUT2D eigenvalue weighted by Crippen LogP contribution is -2.45. The van der Waals surface area contributed by atoms with Crippen LogP contribution in [0.1, 0.15) is 72.1 Å². The molecule has 3 heteroatoms. The summed E-state index contributed by atoms with van der Waals surface area (Å²) in [6.07, 6.45) is 16.9. The van der Waals surface area contributed by atoms with Crippen LogP contribution < -0.4 is 0 Å². The van der Waals surface area contributed by atoms with Crippen molar-refractivity contribution in [3.8, 4) is 0 Å². The predicted molar refractivity (Wildman–Crippen MR) is 115 cm³/mol. The van der Waals surface area contributed by atoms with Crippen LogP contribution in [-0.4, -0.2) is 23.3 Å². The molecule has 4 rings (SSSR count). The predicted octanol–water partition coefficient (Wildman–Crippen LogP) is 5.20. The van der Waals surface area contributed by atoms with Crippen molar-refractivity contribution < 1.29 is 14.7 Å². The molecular formula is C26H36O3. The Morgan fingerprint density at radius 2 is 2.07 bits per heavy atom. The lowest BCUT2D eigenvalue weighted by atomic mass is 9.52. The summed E-state index contributed by atoms with van der Waals surface area (Å²) in [6, 6.07) is 0. The molecule has 2 fully saturated rings. The number of allylic oxidation sites excluding steroid dienone is 6. The fraction of sp³-hybridized carbons (Fsp3) is 0.692. The first-order valence-corrected chi connectivity index (χ1v) is 11.6. The molecule has 0 aromatic rings. The van der Waals surface area contributed by atoms with Gasteiger partial charge < -0.3 is 5.11 Å². The minimum Gasteiger partial charge on any atom is -0.389 e. The molecule has 1 N–H and O–H groups in total. The maximum Gasteiger partial charge on any atom is 0.178 e. The van der Waals surface area contributed by atoms with Gasteiger partial charge in [-0.1, -0.05) is 56.4 Å². The van der Waals surface area contributed by atoms with Gasteiger partial charge >= 0.3 is 0 Å². The highest BCUT2D eigenvalue weighted by molar-refractivity contribution is 6.01. The quantitative estimate of drug-likeness (QED) is 0.496. The van der Waals surface area contributed by atoms with Crippen LogP contribution in [0.15, 0.2) is 35.5 Å². The minimum atomic E-state index is -0.325. The molecule has 4 aliphatic rings. The van der Waals surface area contributed by atoms with Crippen molar-refractivity contribution in [2.24, 2.45) is 34.5 Å². The molecule has 158 valence electrons. The Labute approximate surface area is 175 Å². The van der Waals surface area contributed by atoms with E-state index >= 15 is 0 Å². The number of unbranched alkanes of at least 4 members (excludes halogenated alkanes) is 2. The number of aliphatic hydroxyl groups is 1. The zero-order chi connectivity index (χ0) is 20.8. The van der Waals surface area contributed by atoms with Crippen LogP contribution in [-0.2, 0) is 9.59 Å². The minimum absolute atomic E-state index is 0.0135. The Bertz CT molecular complexity index is 788. The van der Waals surface area contributed by atoms with Gasteiger partial charge in [0, 0.05) is 11.3 Å². The summed E-state index contributed by atoms with van der Waals surface area (Å²) in [4.78, 5) is 24.8. The number of rotatable bonds is 6.